The van der Waals surface area contributed by atoms with Gasteiger partial charge in [0.2, 0.25) is 0 Å². The van der Waals surface area contributed by atoms with Crippen molar-refractivity contribution in [1.29, 1.82) is 0 Å². The number of carbonyl (C=O) groups is 1. The summed E-state index contributed by atoms with van der Waals surface area (Å²) in [5.41, 5.74) is 6.17. The summed E-state index contributed by atoms with van der Waals surface area (Å²) in [5, 5.41) is 20.7. The van der Waals surface area contributed by atoms with Crippen LogP contribution in [-0.4, -0.2) is 52.3 Å². The summed E-state index contributed by atoms with van der Waals surface area (Å²) in [6.07, 6.45) is 3.55. The van der Waals surface area contributed by atoms with Crippen molar-refractivity contribution >= 4 is 27.6 Å². The van der Waals surface area contributed by atoms with Crippen LogP contribution in [0.3, 0.4) is 0 Å². The molecule has 5 aromatic rings. The fourth-order valence-electron chi connectivity index (χ4n) is 6.12. The van der Waals surface area contributed by atoms with Crippen LogP contribution in [-0.2, 0) is 35.5 Å². The molecule has 1 aliphatic rings. The second-order valence-electron chi connectivity index (χ2n) is 10.6. The largest absolute Gasteiger partial charge is 0.493 e. The molecule has 0 saturated carbocycles. The minimum absolute atomic E-state index is 0. The highest BCUT2D eigenvalue weighted by Crippen LogP contribution is 2.39. The molecule has 0 atom stereocenters. The quantitative estimate of drug-likeness (QED) is 0.145. The molecule has 2 N–H and O–H groups in total. The van der Waals surface area contributed by atoms with Crippen molar-refractivity contribution in [2.24, 2.45) is 0 Å². The van der Waals surface area contributed by atoms with Gasteiger partial charge in [-0.2, -0.15) is 5.10 Å². The molecule has 43 heavy (non-hydrogen) atoms. The number of nitrogens with one attached hydrogen (secondary N) is 1. The molecule has 6 rings (SSSR count). The Bertz CT molecular complexity index is 1700. The number of fused-ring (bicyclic) bond motifs is 3. The summed E-state index contributed by atoms with van der Waals surface area (Å²) < 4.78 is 20.0. The van der Waals surface area contributed by atoms with E-state index in [1.54, 1.807) is 0 Å². The second kappa shape index (κ2) is 13.9. The van der Waals surface area contributed by atoms with Crippen molar-refractivity contribution in [3.8, 4) is 16.9 Å². The average molecular weight is 584 g/mol. The van der Waals surface area contributed by atoms with Crippen molar-refractivity contribution in [3.05, 3.63) is 83.3 Å². The highest BCUT2D eigenvalue weighted by Gasteiger charge is 2.28. The molecule has 2 aromatic heterocycles. The number of hydrogen-bond acceptors (Lipinski definition) is 6. The minimum Gasteiger partial charge on any atom is -0.493 e. The molecular weight excluding hydrogens is 542 g/mol. The fourth-order valence-corrected chi connectivity index (χ4v) is 6.12. The number of rotatable bonds is 9. The van der Waals surface area contributed by atoms with E-state index >= 15 is 0 Å². The van der Waals surface area contributed by atoms with Gasteiger partial charge in [0, 0.05) is 48.1 Å². The first-order valence-electron chi connectivity index (χ1n) is 14.9. The van der Waals surface area contributed by atoms with E-state index in [4.69, 9.17) is 14.2 Å². The Morgan fingerprint density at radius 2 is 1.86 bits per heavy atom. The van der Waals surface area contributed by atoms with Gasteiger partial charge in [-0.05, 0) is 49.6 Å². The Kier molecular flexibility index (Phi) is 9.79. The number of H-pyrrole nitrogens is 1. The first-order chi connectivity index (χ1) is 20.7. The monoisotopic (exact) mass is 583 g/mol. The first kappa shape index (κ1) is 30.3. The third kappa shape index (κ3) is 6.03. The molecule has 226 valence electrons. The topological polar surface area (TPSA) is 98.6 Å². The van der Waals surface area contributed by atoms with Crippen molar-refractivity contribution in [2.75, 3.05) is 26.4 Å². The van der Waals surface area contributed by atoms with Crippen LogP contribution >= 0.6 is 0 Å². The summed E-state index contributed by atoms with van der Waals surface area (Å²) in [5.74, 6) is 0.558. The number of esters is 1. The summed E-state index contributed by atoms with van der Waals surface area (Å²) in [6, 6.07) is 20.5. The van der Waals surface area contributed by atoms with Crippen molar-refractivity contribution in [1.82, 2.24) is 14.8 Å². The Morgan fingerprint density at radius 1 is 1.05 bits per heavy atom. The number of aliphatic hydroxyl groups is 1. The van der Waals surface area contributed by atoms with Gasteiger partial charge in [0.15, 0.2) is 0 Å². The lowest BCUT2D eigenvalue weighted by atomic mass is 9.97. The Labute approximate surface area is 252 Å². The zero-order valence-electron chi connectivity index (χ0n) is 24.0. The molecule has 0 unspecified atom stereocenters. The van der Waals surface area contributed by atoms with Crippen LogP contribution in [0.15, 0.2) is 60.7 Å². The van der Waals surface area contributed by atoms with E-state index in [-0.39, 0.29) is 20.0 Å². The Balaban J connectivity index is 0.00000368. The van der Waals surface area contributed by atoms with Gasteiger partial charge in [-0.25, -0.2) is 4.79 Å². The van der Waals surface area contributed by atoms with Gasteiger partial charge in [0.1, 0.15) is 11.4 Å². The molecule has 0 spiro atoms. The third-order valence-corrected chi connectivity index (χ3v) is 7.93. The summed E-state index contributed by atoms with van der Waals surface area (Å²) in [4.78, 5) is 13.6. The third-order valence-electron chi connectivity index (χ3n) is 7.93. The lowest BCUT2D eigenvalue weighted by molar-refractivity contribution is 0.0512. The van der Waals surface area contributed by atoms with Crippen LogP contribution in [0, 0.1) is 0 Å². The highest BCUT2D eigenvalue weighted by atomic mass is 16.5. The highest BCUT2D eigenvalue weighted by molar-refractivity contribution is 6.05. The normalized spacial score (nSPS) is 13.3. The number of aryl methyl sites for hydroxylation is 2. The van der Waals surface area contributed by atoms with E-state index in [0.29, 0.717) is 51.5 Å². The van der Waals surface area contributed by atoms with Crippen molar-refractivity contribution < 1.29 is 24.1 Å². The van der Waals surface area contributed by atoms with Gasteiger partial charge in [-0.1, -0.05) is 62.0 Å². The zero-order chi connectivity index (χ0) is 28.9. The molecule has 1 aliphatic heterocycles. The van der Waals surface area contributed by atoms with Crippen LogP contribution in [0.4, 0.5) is 0 Å². The van der Waals surface area contributed by atoms with Gasteiger partial charge in [0.25, 0.3) is 0 Å². The maximum Gasteiger partial charge on any atom is 0.355 e. The molecule has 8 heteroatoms. The second-order valence-corrected chi connectivity index (χ2v) is 10.6. The number of nitrogens with zero attached hydrogens (tertiary/aromatic N) is 2. The number of aromatic amines is 1. The Hall–Kier alpha value is -4.14. The summed E-state index contributed by atoms with van der Waals surface area (Å²) in [6.45, 7) is 4.34. The van der Waals surface area contributed by atoms with E-state index in [2.05, 4.69) is 45.1 Å². The standard InChI is InChI=1S/C34H37N3O5.CH4/c1-2-41-34(39)33-26(15-9-21-42-30-16-7-11-23-10-3-4-12-24(23)30)25-13-8-14-27-31-28(17-19-38)35-36-29(31)22-40-20-6-5-18-37(33)32(25)27;/h3-4,7-8,10-14,16,38H,2,5-6,9,15,17-22H2,1H3,(H,35,36);1H4. The molecule has 0 radical (unpaired) electrons. The lowest BCUT2D eigenvalue weighted by Gasteiger charge is -2.13. The van der Waals surface area contributed by atoms with Crippen LogP contribution in [0.5, 0.6) is 5.75 Å². The smallest absolute Gasteiger partial charge is 0.355 e. The number of aliphatic hydroxyl groups excluding tert-OH is 1. The maximum absolute atomic E-state index is 13.6. The maximum atomic E-state index is 13.6. The van der Waals surface area contributed by atoms with E-state index in [1.165, 1.54) is 0 Å². The molecule has 3 aromatic carbocycles. The van der Waals surface area contributed by atoms with E-state index in [0.717, 1.165) is 74.8 Å². The average Bonchev–Trinajstić information content (AvgIpc) is 3.54. The fraction of sp³-hybridized carbons (Fsp3) is 0.371. The number of hydrogen-bond donors (Lipinski definition) is 2. The number of carbonyl (C=O) groups excluding carboxylic acids is 1. The van der Waals surface area contributed by atoms with Gasteiger partial charge in [-0.3, -0.25) is 5.10 Å². The number of aromatic nitrogens is 3. The SMILES string of the molecule is C.CCOC(=O)c1c(CCCOc2cccc3ccccc23)c2cccc3c2n1CCCCOCc1[nH]nc(CCO)c1-3. The summed E-state index contributed by atoms with van der Waals surface area (Å²) >= 11 is 0. The number of ether oxygens (including phenoxy) is 3. The predicted molar refractivity (Wildman–Crippen MR) is 170 cm³/mol. The molecule has 3 heterocycles. The minimum atomic E-state index is -0.307. The molecule has 8 nitrogen and oxygen atoms in total. The van der Waals surface area contributed by atoms with Gasteiger partial charge < -0.3 is 23.9 Å². The number of para-hydroxylation sites is 1. The van der Waals surface area contributed by atoms with Crippen molar-refractivity contribution in [2.45, 2.75) is 59.6 Å². The van der Waals surface area contributed by atoms with Gasteiger partial charge in [0.05, 0.1) is 36.7 Å². The number of benzene rings is 3. The molecular formula is C35H41N3O5. The summed E-state index contributed by atoms with van der Waals surface area (Å²) in [7, 11) is 0. The van der Waals surface area contributed by atoms with E-state index < -0.39 is 0 Å². The molecule has 0 aliphatic carbocycles. The molecule has 0 amide bonds. The van der Waals surface area contributed by atoms with Gasteiger partial charge in [-0.15, -0.1) is 0 Å². The predicted octanol–water partition coefficient (Wildman–Crippen LogP) is 6.85. The Morgan fingerprint density at radius 3 is 2.72 bits per heavy atom. The zero-order valence-corrected chi connectivity index (χ0v) is 24.0. The first-order valence-corrected chi connectivity index (χ1v) is 14.9. The molecule has 0 saturated heterocycles. The van der Waals surface area contributed by atoms with Crippen LogP contribution < -0.4 is 4.74 Å². The van der Waals surface area contributed by atoms with E-state index in [1.807, 2.05) is 37.3 Å². The lowest BCUT2D eigenvalue weighted by Crippen LogP contribution is -2.15. The molecule has 0 bridgehead atoms. The van der Waals surface area contributed by atoms with E-state index in [9.17, 15) is 9.90 Å². The van der Waals surface area contributed by atoms with Crippen molar-refractivity contribution in [3.63, 3.8) is 0 Å². The van der Waals surface area contributed by atoms with Crippen LogP contribution in [0.25, 0.3) is 32.8 Å². The van der Waals surface area contributed by atoms with Crippen LogP contribution in [0.2, 0.25) is 0 Å². The van der Waals surface area contributed by atoms with Crippen LogP contribution in [0.1, 0.15) is 61.1 Å². The molecule has 0 fully saturated rings. The van der Waals surface area contributed by atoms with Gasteiger partial charge >= 0.3 is 5.97 Å².